The summed E-state index contributed by atoms with van der Waals surface area (Å²) in [4.78, 5) is 0.323. The summed E-state index contributed by atoms with van der Waals surface area (Å²) >= 11 is 0. The second kappa shape index (κ2) is 7.96. The third kappa shape index (κ3) is 5.17. The van der Waals surface area contributed by atoms with Gasteiger partial charge < -0.3 is 5.73 Å². The molecule has 1 rings (SSSR count). The van der Waals surface area contributed by atoms with Crippen LogP contribution in [0.25, 0.3) is 0 Å². The Bertz CT molecular complexity index is 624. The third-order valence-corrected chi connectivity index (χ3v) is 5.78. The summed E-state index contributed by atoms with van der Waals surface area (Å²) < 4.78 is 29.0. The highest BCUT2D eigenvalue weighted by Crippen LogP contribution is 2.26. The average molecular weight is 367 g/mol. The Hall–Kier alpha value is -0.630. The molecule has 0 aliphatic heterocycles. The van der Waals surface area contributed by atoms with Crippen LogP contribution in [0.5, 0.6) is 0 Å². The molecule has 0 fully saturated rings. The van der Waals surface area contributed by atoms with Crippen LogP contribution in [0.1, 0.15) is 39.1 Å². The number of sulfonamides is 1. The third-order valence-electron chi connectivity index (χ3n) is 3.72. The summed E-state index contributed by atoms with van der Waals surface area (Å²) in [6.07, 6.45) is 0. The number of halogens is 1. The summed E-state index contributed by atoms with van der Waals surface area (Å²) in [5.41, 5.74) is 6.70. The second-order valence-corrected chi connectivity index (χ2v) is 9.19. The van der Waals surface area contributed by atoms with Crippen LogP contribution in [0.3, 0.4) is 0 Å². The first kappa shape index (κ1) is 22.4. The van der Waals surface area contributed by atoms with Gasteiger partial charge in [-0.15, -0.1) is 12.4 Å². The molecule has 1 aromatic rings. The Morgan fingerprint density at radius 3 is 2.26 bits per heavy atom. The molecule has 1 aromatic heterocycles. The van der Waals surface area contributed by atoms with Gasteiger partial charge in [-0.3, -0.25) is 4.68 Å². The minimum Gasteiger partial charge on any atom is -0.330 e. The first-order valence-electron chi connectivity index (χ1n) is 7.63. The lowest BCUT2D eigenvalue weighted by atomic mass is 9.94. The summed E-state index contributed by atoms with van der Waals surface area (Å²) in [5.74, 6) is 0.405. The molecule has 0 bridgehead atoms. The summed E-state index contributed by atoms with van der Waals surface area (Å²) in [5, 5.41) is 4.40. The Balaban J connectivity index is 0.00000484. The molecule has 2 N–H and O–H groups in total. The van der Waals surface area contributed by atoms with E-state index >= 15 is 0 Å². The van der Waals surface area contributed by atoms with Gasteiger partial charge in [0, 0.05) is 20.1 Å². The SMILES string of the molecule is Cc1nn(CC(C)C)c(C)c1S(=O)(=O)N(C)CC(C)(C)CN.Cl. The van der Waals surface area contributed by atoms with Gasteiger partial charge in [-0.05, 0) is 31.7 Å². The molecule has 0 aliphatic rings. The molecule has 0 saturated carbocycles. The number of hydrogen-bond donors (Lipinski definition) is 1. The average Bonchev–Trinajstić information content (AvgIpc) is 2.63. The van der Waals surface area contributed by atoms with Gasteiger partial charge in [0.25, 0.3) is 0 Å². The smallest absolute Gasteiger partial charge is 0.246 e. The van der Waals surface area contributed by atoms with E-state index in [4.69, 9.17) is 5.73 Å². The monoisotopic (exact) mass is 366 g/mol. The molecule has 23 heavy (non-hydrogen) atoms. The maximum Gasteiger partial charge on any atom is 0.246 e. The number of hydrogen-bond acceptors (Lipinski definition) is 4. The number of nitrogens with two attached hydrogens (primary N) is 1. The topological polar surface area (TPSA) is 81.2 Å². The number of nitrogens with zero attached hydrogens (tertiary/aromatic N) is 3. The van der Waals surface area contributed by atoms with E-state index in [1.165, 1.54) is 4.31 Å². The molecule has 6 nitrogen and oxygen atoms in total. The van der Waals surface area contributed by atoms with E-state index in [1.807, 2.05) is 20.8 Å². The van der Waals surface area contributed by atoms with Crippen LogP contribution in [0, 0.1) is 25.2 Å². The van der Waals surface area contributed by atoms with Gasteiger partial charge in [0.05, 0.1) is 11.4 Å². The van der Waals surface area contributed by atoms with Crippen LogP contribution < -0.4 is 5.73 Å². The molecular weight excluding hydrogens is 336 g/mol. The van der Waals surface area contributed by atoms with E-state index in [0.717, 1.165) is 0 Å². The van der Waals surface area contributed by atoms with Crippen molar-refractivity contribution in [1.82, 2.24) is 14.1 Å². The Labute approximate surface area is 146 Å². The van der Waals surface area contributed by atoms with Gasteiger partial charge >= 0.3 is 0 Å². The number of aryl methyl sites for hydroxylation is 1. The highest BCUT2D eigenvalue weighted by molar-refractivity contribution is 7.89. The molecular formula is C15H31ClN4O2S. The number of rotatable bonds is 7. The van der Waals surface area contributed by atoms with E-state index in [2.05, 4.69) is 18.9 Å². The van der Waals surface area contributed by atoms with Crippen molar-refractivity contribution in [3.8, 4) is 0 Å². The van der Waals surface area contributed by atoms with Crippen molar-refractivity contribution in [3.63, 3.8) is 0 Å². The molecule has 0 atom stereocenters. The zero-order valence-corrected chi connectivity index (χ0v) is 16.9. The fourth-order valence-corrected chi connectivity index (χ4v) is 4.21. The fraction of sp³-hybridized carbons (Fsp3) is 0.800. The molecule has 1 heterocycles. The van der Waals surface area contributed by atoms with Crippen molar-refractivity contribution >= 4 is 22.4 Å². The van der Waals surface area contributed by atoms with Crippen molar-refractivity contribution in [3.05, 3.63) is 11.4 Å². The molecule has 0 aromatic carbocycles. The van der Waals surface area contributed by atoms with E-state index in [-0.39, 0.29) is 17.8 Å². The predicted molar refractivity (Wildman–Crippen MR) is 96.4 cm³/mol. The van der Waals surface area contributed by atoms with Crippen LogP contribution in [-0.2, 0) is 16.6 Å². The first-order chi connectivity index (χ1) is 9.92. The number of aromatic nitrogens is 2. The molecule has 136 valence electrons. The van der Waals surface area contributed by atoms with Gasteiger partial charge in [-0.1, -0.05) is 27.7 Å². The zero-order chi connectivity index (χ0) is 17.3. The fourth-order valence-electron chi connectivity index (χ4n) is 2.49. The van der Waals surface area contributed by atoms with Gasteiger partial charge in [-0.25, -0.2) is 12.7 Å². The lowest BCUT2D eigenvalue weighted by molar-refractivity contribution is 0.291. The first-order valence-corrected chi connectivity index (χ1v) is 9.07. The highest BCUT2D eigenvalue weighted by Gasteiger charge is 2.31. The van der Waals surface area contributed by atoms with Gasteiger partial charge in [0.15, 0.2) is 0 Å². The lowest BCUT2D eigenvalue weighted by Crippen LogP contribution is -2.40. The van der Waals surface area contributed by atoms with Crippen LogP contribution >= 0.6 is 12.4 Å². The highest BCUT2D eigenvalue weighted by atomic mass is 35.5. The normalized spacial score (nSPS) is 12.8. The van der Waals surface area contributed by atoms with Gasteiger partial charge in [0.1, 0.15) is 4.90 Å². The minimum absolute atomic E-state index is 0. The minimum atomic E-state index is -3.56. The zero-order valence-electron chi connectivity index (χ0n) is 15.3. The van der Waals surface area contributed by atoms with Gasteiger partial charge in [-0.2, -0.15) is 5.10 Å². The standard InChI is InChI=1S/C15H30N4O2S.ClH/c1-11(2)8-19-13(4)14(12(3)17-19)22(20,21)18(7)10-15(5,6)9-16;/h11H,8-10,16H2,1-7H3;1H. The predicted octanol–water partition coefficient (Wildman–Crippen LogP) is 2.18. The largest absolute Gasteiger partial charge is 0.330 e. The lowest BCUT2D eigenvalue weighted by Gasteiger charge is -2.28. The molecule has 0 spiro atoms. The summed E-state index contributed by atoms with van der Waals surface area (Å²) in [6.45, 7) is 13.2. The Kier molecular flexibility index (Phi) is 7.74. The molecule has 0 amide bonds. The van der Waals surface area contributed by atoms with E-state index in [1.54, 1.807) is 18.7 Å². The van der Waals surface area contributed by atoms with Crippen LogP contribution in [-0.4, -0.2) is 42.6 Å². The molecule has 0 aliphatic carbocycles. The van der Waals surface area contributed by atoms with E-state index < -0.39 is 10.0 Å². The molecule has 0 unspecified atom stereocenters. The summed E-state index contributed by atoms with van der Waals surface area (Å²) in [7, 11) is -1.96. The maximum absolute atomic E-state index is 12.9. The maximum atomic E-state index is 12.9. The molecule has 8 heteroatoms. The Morgan fingerprint density at radius 1 is 1.30 bits per heavy atom. The van der Waals surface area contributed by atoms with Gasteiger partial charge in [0.2, 0.25) is 10.0 Å². The van der Waals surface area contributed by atoms with Crippen LogP contribution in [0.15, 0.2) is 4.90 Å². The van der Waals surface area contributed by atoms with E-state index in [0.29, 0.717) is 41.8 Å². The molecule has 0 radical (unpaired) electrons. The summed E-state index contributed by atoms with van der Waals surface area (Å²) in [6, 6.07) is 0. The quantitative estimate of drug-likeness (QED) is 0.801. The van der Waals surface area contributed by atoms with Crippen molar-refractivity contribution in [2.45, 2.75) is 53.0 Å². The van der Waals surface area contributed by atoms with Crippen molar-refractivity contribution in [2.75, 3.05) is 20.1 Å². The van der Waals surface area contributed by atoms with Crippen LogP contribution in [0.4, 0.5) is 0 Å². The van der Waals surface area contributed by atoms with Crippen molar-refractivity contribution in [1.29, 1.82) is 0 Å². The van der Waals surface area contributed by atoms with E-state index in [9.17, 15) is 8.42 Å². The van der Waals surface area contributed by atoms with Crippen LogP contribution in [0.2, 0.25) is 0 Å². The van der Waals surface area contributed by atoms with Crippen molar-refractivity contribution in [2.24, 2.45) is 17.1 Å². The Morgan fingerprint density at radius 2 is 1.83 bits per heavy atom. The van der Waals surface area contributed by atoms with Crippen molar-refractivity contribution < 1.29 is 8.42 Å². The molecule has 0 saturated heterocycles. The second-order valence-electron chi connectivity index (χ2n) is 7.21.